The van der Waals surface area contributed by atoms with Crippen molar-refractivity contribution in [2.24, 2.45) is 5.10 Å². The summed E-state index contributed by atoms with van der Waals surface area (Å²) >= 11 is 0. The van der Waals surface area contributed by atoms with Crippen molar-refractivity contribution in [3.05, 3.63) is 45.9 Å². The van der Waals surface area contributed by atoms with Crippen LogP contribution in [0.5, 0.6) is 11.5 Å². The van der Waals surface area contributed by atoms with E-state index in [-0.39, 0.29) is 11.5 Å². The zero-order valence-electron chi connectivity index (χ0n) is 12.0. The van der Waals surface area contributed by atoms with Gasteiger partial charge in [-0.3, -0.25) is 9.78 Å². The van der Waals surface area contributed by atoms with Crippen molar-refractivity contribution in [3.63, 3.8) is 0 Å². The van der Waals surface area contributed by atoms with Gasteiger partial charge < -0.3 is 9.47 Å². The Kier molecular flexibility index (Phi) is 4.55. The highest BCUT2D eigenvalue weighted by atomic mass is 16.5. The Bertz CT molecular complexity index is 710. The first-order chi connectivity index (χ1) is 10.2. The van der Waals surface area contributed by atoms with E-state index in [1.807, 2.05) is 12.1 Å². The first-order valence-electron chi connectivity index (χ1n) is 6.21. The van der Waals surface area contributed by atoms with E-state index in [0.29, 0.717) is 17.1 Å². The molecule has 110 valence electrons. The number of hydrogen-bond donors (Lipinski definition) is 2. The van der Waals surface area contributed by atoms with Crippen LogP contribution in [0.4, 0.5) is 5.95 Å². The number of rotatable bonds is 5. The monoisotopic (exact) mass is 288 g/mol. The summed E-state index contributed by atoms with van der Waals surface area (Å²) in [5.74, 6) is 1.46. The lowest BCUT2D eigenvalue weighted by Crippen LogP contribution is -2.12. The smallest absolute Gasteiger partial charge is 0.255 e. The lowest BCUT2D eigenvalue weighted by atomic mass is 10.2. The van der Waals surface area contributed by atoms with Gasteiger partial charge in [-0.2, -0.15) is 5.10 Å². The zero-order chi connectivity index (χ0) is 15.2. The molecule has 0 amide bonds. The molecular weight excluding hydrogens is 272 g/mol. The van der Waals surface area contributed by atoms with Gasteiger partial charge in [-0.25, -0.2) is 10.4 Å². The Morgan fingerprint density at radius 3 is 2.81 bits per heavy atom. The van der Waals surface area contributed by atoms with E-state index in [1.165, 1.54) is 6.20 Å². The van der Waals surface area contributed by atoms with E-state index in [2.05, 4.69) is 20.5 Å². The zero-order valence-corrected chi connectivity index (χ0v) is 12.0. The molecule has 2 rings (SSSR count). The van der Waals surface area contributed by atoms with Crippen LogP contribution < -0.4 is 20.5 Å². The Balaban J connectivity index is 2.18. The third-order valence-electron chi connectivity index (χ3n) is 2.78. The lowest BCUT2D eigenvalue weighted by Gasteiger charge is -2.09. The van der Waals surface area contributed by atoms with E-state index in [1.54, 1.807) is 33.4 Å². The average molecular weight is 288 g/mol. The molecule has 0 radical (unpaired) electrons. The second-order valence-electron chi connectivity index (χ2n) is 4.20. The van der Waals surface area contributed by atoms with Crippen LogP contribution in [0.2, 0.25) is 0 Å². The molecule has 0 aliphatic carbocycles. The van der Waals surface area contributed by atoms with Crippen molar-refractivity contribution in [2.45, 2.75) is 6.92 Å². The molecule has 2 N–H and O–H groups in total. The molecular formula is C14H16N4O3. The summed E-state index contributed by atoms with van der Waals surface area (Å²) < 4.78 is 10.5. The maximum atomic E-state index is 11.4. The van der Waals surface area contributed by atoms with Crippen LogP contribution in [-0.4, -0.2) is 30.4 Å². The molecule has 0 saturated heterocycles. The molecule has 0 unspecified atom stereocenters. The Labute approximate surface area is 121 Å². The van der Waals surface area contributed by atoms with Crippen molar-refractivity contribution in [1.29, 1.82) is 0 Å². The number of hydrogen-bond acceptors (Lipinski definition) is 6. The van der Waals surface area contributed by atoms with Crippen molar-refractivity contribution in [1.82, 2.24) is 9.97 Å². The predicted molar refractivity (Wildman–Crippen MR) is 80.4 cm³/mol. The van der Waals surface area contributed by atoms with E-state index >= 15 is 0 Å². The Hall–Kier alpha value is -2.83. The summed E-state index contributed by atoms with van der Waals surface area (Å²) in [6.45, 7) is 1.68. The number of nitrogens with one attached hydrogen (secondary N) is 2. The van der Waals surface area contributed by atoms with E-state index in [9.17, 15) is 4.79 Å². The van der Waals surface area contributed by atoms with Crippen LogP contribution in [0.15, 0.2) is 34.3 Å². The van der Waals surface area contributed by atoms with Crippen LogP contribution >= 0.6 is 0 Å². The number of para-hydroxylation sites is 1. The van der Waals surface area contributed by atoms with Gasteiger partial charge in [0.1, 0.15) is 0 Å². The summed E-state index contributed by atoms with van der Waals surface area (Å²) in [7, 11) is 3.12. The second-order valence-corrected chi connectivity index (χ2v) is 4.20. The van der Waals surface area contributed by atoms with Crippen LogP contribution in [0.3, 0.4) is 0 Å². The SMILES string of the molecule is COc1cccc(/C=N/Nc2ncc(C)c(=O)[nH]2)c1OC. The van der Waals surface area contributed by atoms with Crippen LogP contribution in [0.25, 0.3) is 0 Å². The standard InChI is InChI=1S/C14H16N4O3/c1-9-7-15-14(17-13(9)19)18-16-8-10-5-4-6-11(20-2)12(10)21-3/h4-8H,1-3H3,(H2,15,17,18,19)/b16-8+. The van der Waals surface area contributed by atoms with Gasteiger partial charge in [-0.1, -0.05) is 6.07 Å². The highest BCUT2D eigenvalue weighted by molar-refractivity contribution is 5.85. The first-order valence-corrected chi connectivity index (χ1v) is 6.21. The van der Waals surface area contributed by atoms with Gasteiger partial charge in [0.05, 0.1) is 20.4 Å². The first kappa shape index (κ1) is 14.6. The number of aromatic nitrogens is 2. The molecule has 1 heterocycles. The molecule has 0 saturated carbocycles. The van der Waals surface area contributed by atoms with Gasteiger partial charge in [0.25, 0.3) is 5.56 Å². The van der Waals surface area contributed by atoms with Crippen molar-refractivity contribution in [2.75, 3.05) is 19.6 Å². The van der Waals surface area contributed by atoms with Crippen molar-refractivity contribution in [3.8, 4) is 11.5 Å². The predicted octanol–water partition coefficient (Wildman–Crippen LogP) is 1.54. The third kappa shape index (κ3) is 3.38. The fourth-order valence-corrected chi connectivity index (χ4v) is 1.69. The number of ether oxygens (including phenoxy) is 2. The minimum atomic E-state index is -0.207. The molecule has 1 aromatic heterocycles. The number of aromatic amines is 1. The normalized spacial score (nSPS) is 10.6. The van der Waals surface area contributed by atoms with Gasteiger partial charge in [0.2, 0.25) is 5.95 Å². The quantitative estimate of drug-likeness (QED) is 0.643. The maximum Gasteiger partial charge on any atom is 0.255 e. The van der Waals surface area contributed by atoms with Crippen LogP contribution in [-0.2, 0) is 0 Å². The number of benzene rings is 1. The fraction of sp³-hybridized carbons (Fsp3) is 0.214. The highest BCUT2D eigenvalue weighted by Gasteiger charge is 2.07. The highest BCUT2D eigenvalue weighted by Crippen LogP contribution is 2.29. The minimum Gasteiger partial charge on any atom is -0.493 e. The summed E-state index contributed by atoms with van der Waals surface area (Å²) in [5, 5.41) is 4.02. The van der Waals surface area contributed by atoms with Crippen molar-refractivity contribution >= 4 is 12.2 Å². The summed E-state index contributed by atoms with van der Waals surface area (Å²) in [5.41, 5.74) is 3.73. The Morgan fingerprint density at radius 2 is 2.14 bits per heavy atom. The average Bonchev–Trinajstić information content (AvgIpc) is 2.50. The minimum absolute atomic E-state index is 0.207. The molecule has 0 fully saturated rings. The molecule has 21 heavy (non-hydrogen) atoms. The second kappa shape index (κ2) is 6.56. The summed E-state index contributed by atoms with van der Waals surface area (Å²) in [4.78, 5) is 18.0. The number of anilines is 1. The van der Waals surface area contributed by atoms with Crippen LogP contribution in [0, 0.1) is 6.92 Å². The summed E-state index contributed by atoms with van der Waals surface area (Å²) in [6, 6.07) is 5.45. The molecule has 1 aromatic carbocycles. The molecule has 2 aromatic rings. The third-order valence-corrected chi connectivity index (χ3v) is 2.78. The number of methoxy groups -OCH3 is 2. The number of nitrogens with zero attached hydrogens (tertiary/aromatic N) is 2. The summed E-state index contributed by atoms with van der Waals surface area (Å²) in [6.07, 6.45) is 3.03. The van der Waals surface area contributed by atoms with Crippen molar-refractivity contribution < 1.29 is 9.47 Å². The van der Waals surface area contributed by atoms with Gasteiger partial charge in [-0.05, 0) is 19.1 Å². The van der Waals surface area contributed by atoms with E-state index in [4.69, 9.17) is 9.47 Å². The molecule has 0 atom stereocenters. The van der Waals surface area contributed by atoms with E-state index in [0.717, 1.165) is 5.56 Å². The topological polar surface area (TPSA) is 88.6 Å². The van der Waals surface area contributed by atoms with Gasteiger partial charge in [0, 0.05) is 17.3 Å². The molecule has 0 bridgehead atoms. The molecule has 0 aliphatic heterocycles. The maximum absolute atomic E-state index is 11.4. The fourth-order valence-electron chi connectivity index (χ4n) is 1.69. The molecule has 0 aliphatic rings. The van der Waals surface area contributed by atoms with E-state index < -0.39 is 0 Å². The van der Waals surface area contributed by atoms with Gasteiger partial charge in [0.15, 0.2) is 11.5 Å². The van der Waals surface area contributed by atoms with Gasteiger partial charge >= 0.3 is 0 Å². The molecule has 0 spiro atoms. The molecule has 7 nitrogen and oxygen atoms in total. The lowest BCUT2D eigenvalue weighted by molar-refractivity contribution is 0.354. The Morgan fingerprint density at radius 1 is 1.33 bits per heavy atom. The number of H-pyrrole nitrogens is 1. The largest absolute Gasteiger partial charge is 0.493 e. The van der Waals surface area contributed by atoms with Gasteiger partial charge in [-0.15, -0.1) is 0 Å². The molecule has 7 heteroatoms. The number of hydrazone groups is 1. The van der Waals surface area contributed by atoms with Crippen LogP contribution in [0.1, 0.15) is 11.1 Å². The number of aryl methyl sites for hydroxylation is 1.